The first-order valence-electron chi connectivity index (χ1n) is 8.76. The zero-order chi connectivity index (χ0) is 16.4. The molecular formula is C19H32N2O. The third-order valence-corrected chi connectivity index (χ3v) is 4.09. The average molecular weight is 304 g/mol. The van der Waals surface area contributed by atoms with Crippen LogP contribution < -0.4 is 4.90 Å². The molecule has 0 aliphatic heterocycles. The van der Waals surface area contributed by atoms with Crippen LogP contribution in [-0.2, 0) is 0 Å². The molecule has 1 aromatic rings. The van der Waals surface area contributed by atoms with Crippen molar-refractivity contribution in [3.63, 3.8) is 0 Å². The van der Waals surface area contributed by atoms with Gasteiger partial charge in [-0.05, 0) is 50.2 Å². The normalized spacial score (nSPS) is 11.0. The summed E-state index contributed by atoms with van der Waals surface area (Å²) in [6, 6.07) is 8.16. The van der Waals surface area contributed by atoms with E-state index >= 15 is 0 Å². The monoisotopic (exact) mass is 304 g/mol. The lowest BCUT2D eigenvalue weighted by Gasteiger charge is -2.24. The summed E-state index contributed by atoms with van der Waals surface area (Å²) >= 11 is 0. The summed E-state index contributed by atoms with van der Waals surface area (Å²) in [7, 11) is 0. The standard InChI is InChI=1S/C19H32N2O/c1-5-14-21(15-6-2)18-11-9-17(10-12-18)19(22)13-16-20(7-3)8-4/h9-12H,5-8,13-16H2,1-4H3. The second-order valence-electron chi connectivity index (χ2n) is 5.73. The van der Waals surface area contributed by atoms with E-state index in [-0.39, 0.29) is 5.78 Å². The molecule has 22 heavy (non-hydrogen) atoms. The minimum absolute atomic E-state index is 0.246. The molecule has 0 saturated heterocycles. The van der Waals surface area contributed by atoms with Crippen molar-refractivity contribution in [2.75, 3.05) is 37.6 Å². The van der Waals surface area contributed by atoms with E-state index in [1.54, 1.807) is 0 Å². The maximum absolute atomic E-state index is 12.3. The highest BCUT2D eigenvalue weighted by atomic mass is 16.1. The molecule has 0 amide bonds. The second-order valence-corrected chi connectivity index (χ2v) is 5.73. The molecule has 0 radical (unpaired) electrons. The fourth-order valence-electron chi connectivity index (χ4n) is 2.71. The van der Waals surface area contributed by atoms with Crippen LogP contribution in [0, 0.1) is 0 Å². The molecule has 0 atom stereocenters. The molecule has 0 aliphatic rings. The topological polar surface area (TPSA) is 23.6 Å². The van der Waals surface area contributed by atoms with Crippen molar-refractivity contribution in [3.8, 4) is 0 Å². The quantitative estimate of drug-likeness (QED) is 0.572. The number of ketones is 1. The van der Waals surface area contributed by atoms with Crippen LogP contribution in [0.15, 0.2) is 24.3 Å². The number of anilines is 1. The van der Waals surface area contributed by atoms with Gasteiger partial charge in [-0.15, -0.1) is 0 Å². The molecule has 0 bridgehead atoms. The summed E-state index contributed by atoms with van der Waals surface area (Å²) in [4.78, 5) is 17.0. The molecule has 0 heterocycles. The Hall–Kier alpha value is -1.35. The van der Waals surface area contributed by atoms with Crippen LogP contribution in [0.5, 0.6) is 0 Å². The van der Waals surface area contributed by atoms with E-state index in [2.05, 4.69) is 49.6 Å². The number of hydrogen-bond donors (Lipinski definition) is 0. The molecule has 1 rings (SSSR count). The first-order chi connectivity index (χ1) is 10.7. The van der Waals surface area contributed by atoms with Gasteiger partial charge >= 0.3 is 0 Å². The predicted molar refractivity (Wildman–Crippen MR) is 96.0 cm³/mol. The Morgan fingerprint density at radius 2 is 1.41 bits per heavy atom. The van der Waals surface area contributed by atoms with Gasteiger partial charge in [0.25, 0.3) is 0 Å². The van der Waals surface area contributed by atoms with Gasteiger partial charge < -0.3 is 9.80 Å². The first kappa shape index (κ1) is 18.7. The van der Waals surface area contributed by atoms with Crippen LogP contribution in [-0.4, -0.2) is 43.4 Å². The molecule has 0 fully saturated rings. The van der Waals surface area contributed by atoms with Crippen LogP contribution >= 0.6 is 0 Å². The van der Waals surface area contributed by atoms with Crippen molar-refractivity contribution in [2.45, 2.75) is 47.0 Å². The highest BCUT2D eigenvalue weighted by Gasteiger charge is 2.10. The number of rotatable bonds is 11. The van der Waals surface area contributed by atoms with E-state index in [0.29, 0.717) is 6.42 Å². The molecular weight excluding hydrogens is 272 g/mol. The molecule has 0 aromatic heterocycles. The predicted octanol–water partition coefficient (Wildman–Crippen LogP) is 4.23. The van der Waals surface area contributed by atoms with E-state index in [1.165, 1.54) is 5.69 Å². The maximum Gasteiger partial charge on any atom is 0.164 e. The van der Waals surface area contributed by atoms with E-state index in [1.807, 2.05) is 12.1 Å². The van der Waals surface area contributed by atoms with E-state index in [0.717, 1.165) is 51.1 Å². The van der Waals surface area contributed by atoms with Crippen molar-refractivity contribution in [3.05, 3.63) is 29.8 Å². The van der Waals surface area contributed by atoms with Gasteiger partial charge in [0.2, 0.25) is 0 Å². The minimum Gasteiger partial charge on any atom is -0.372 e. The summed E-state index contributed by atoms with van der Waals surface area (Å²) in [6.45, 7) is 13.7. The van der Waals surface area contributed by atoms with Gasteiger partial charge in [0.05, 0.1) is 0 Å². The van der Waals surface area contributed by atoms with Crippen LogP contribution in [0.4, 0.5) is 5.69 Å². The summed E-state index contributed by atoms with van der Waals surface area (Å²) in [5, 5.41) is 0. The van der Waals surface area contributed by atoms with E-state index in [4.69, 9.17) is 0 Å². The first-order valence-corrected chi connectivity index (χ1v) is 8.76. The Balaban J connectivity index is 2.64. The average Bonchev–Trinajstić information content (AvgIpc) is 2.55. The molecule has 0 saturated carbocycles. The van der Waals surface area contributed by atoms with Crippen molar-refractivity contribution < 1.29 is 4.79 Å². The zero-order valence-electron chi connectivity index (χ0n) is 14.8. The summed E-state index contributed by atoms with van der Waals surface area (Å²) in [6.07, 6.45) is 2.89. The molecule has 1 aromatic carbocycles. The van der Waals surface area contributed by atoms with Gasteiger partial charge in [-0.25, -0.2) is 0 Å². The largest absolute Gasteiger partial charge is 0.372 e. The van der Waals surface area contributed by atoms with Crippen LogP contribution in [0.3, 0.4) is 0 Å². The van der Waals surface area contributed by atoms with Gasteiger partial charge in [0.1, 0.15) is 0 Å². The Bertz CT molecular complexity index is 418. The molecule has 0 aliphatic carbocycles. The Morgan fingerprint density at radius 3 is 1.86 bits per heavy atom. The number of Topliss-reactive ketones (excluding diaryl/α,β-unsaturated/α-hetero) is 1. The Labute approximate surface area is 136 Å². The smallest absolute Gasteiger partial charge is 0.164 e. The van der Waals surface area contributed by atoms with Gasteiger partial charge in [-0.3, -0.25) is 4.79 Å². The lowest BCUT2D eigenvalue weighted by atomic mass is 10.1. The molecule has 0 N–H and O–H groups in total. The van der Waals surface area contributed by atoms with Crippen molar-refractivity contribution >= 4 is 11.5 Å². The van der Waals surface area contributed by atoms with Crippen molar-refractivity contribution in [1.82, 2.24) is 4.90 Å². The molecule has 3 nitrogen and oxygen atoms in total. The number of carbonyl (C=O) groups excluding carboxylic acids is 1. The Kier molecular flexibility index (Phi) is 8.83. The van der Waals surface area contributed by atoms with Gasteiger partial charge in [0.15, 0.2) is 5.78 Å². The highest BCUT2D eigenvalue weighted by molar-refractivity contribution is 5.96. The van der Waals surface area contributed by atoms with E-state index in [9.17, 15) is 4.79 Å². The van der Waals surface area contributed by atoms with Crippen molar-refractivity contribution in [2.24, 2.45) is 0 Å². The third-order valence-electron chi connectivity index (χ3n) is 4.09. The maximum atomic E-state index is 12.3. The third kappa shape index (κ3) is 5.80. The fourth-order valence-corrected chi connectivity index (χ4v) is 2.71. The number of benzene rings is 1. The van der Waals surface area contributed by atoms with Crippen LogP contribution in [0.25, 0.3) is 0 Å². The fraction of sp³-hybridized carbons (Fsp3) is 0.632. The molecule has 3 heteroatoms. The number of carbonyl (C=O) groups is 1. The lowest BCUT2D eigenvalue weighted by molar-refractivity contribution is 0.0966. The van der Waals surface area contributed by atoms with E-state index < -0.39 is 0 Å². The highest BCUT2D eigenvalue weighted by Crippen LogP contribution is 2.17. The van der Waals surface area contributed by atoms with Crippen LogP contribution in [0.1, 0.15) is 57.3 Å². The molecule has 0 spiro atoms. The second kappa shape index (κ2) is 10.4. The Morgan fingerprint density at radius 1 is 0.864 bits per heavy atom. The van der Waals surface area contributed by atoms with Gasteiger partial charge in [-0.2, -0.15) is 0 Å². The summed E-state index contributed by atoms with van der Waals surface area (Å²) in [5.74, 6) is 0.246. The minimum atomic E-state index is 0.246. The van der Waals surface area contributed by atoms with Gasteiger partial charge in [-0.1, -0.05) is 27.7 Å². The van der Waals surface area contributed by atoms with Crippen molar-refractivity contribution in [1.29, 1.82) is 0 Å². The SMILES string of the molecule is CCCN(CCC)c1ccc(C(=O)CCN(CC)CC)cc1. The zero-order valence-corrected chi connectivity index (χ0v) is 14.8. The van der Waals surface area contributed by atoms with Crippen LogP contribution in [0.2, 0.25) is 0 Å². The summed E-state index contributed by atoms with van der Waals surface area (Å²) < 4.78 is 0. The number of nitrogens with zero attached hydrogens (tertiary/aromatic N) is 2. The number of hydrogen-bond acceptors (Lipinski definition) is 3. The summed E-state index contributed by atoms with van der Waals surface area (Å²) in [5.41, 5.74) is 2.06. The van der Waals surface area contributed by atoms with Gasteiger partial charge in [0, 0.05) is 37.3 Å². The molecule has 0 unspecified atom stereocenters. The molecule has 124 valence electrons. The lowest BCUT2D eigenvalue weighted by Crippen LogP contribution is -2.26.